The summed E-state index contributed by atoms with van der Waals surface area (Å²) in [5, 5.41) is 4.22. The van der Waals surface area contributed by atoms with Crippen molar-refractivity contribution in [3.63, 3.8) is 0 Å². The number of piperidine rings is 1. The number of aryl methyl sites for hydroxylation is 1. The maximum Gasteiger partial charge on any atom is 0.197 e. The van der Waals surface area contributed by atoms with Crippen LogP contribution in [0, 0.1) is 5.82 Å². The molecular formula is C21H22FN7. The molecule has 5 rings (SSSR count). The summed E-state index contributed by atoms with van der Waals surface area (Å²) in [6.07, 6.45) is 7.41. The molecule has 1 saturated heterocycles. The van der Waals surface area contributed by atoms with Gasteiger partial charge in [-0.25, -0.2) is 19.3 Å². The second-order valence-corrected chi connectivity index (χ2v) is 7.53. The lowest BCUT2D eigenvalue weighted by atomic mass is 10.0. The van der Waals surface area contributed by atoms with Crippen molar-refractivity contribution in [2.45, 2.75) is 25.4 Å². The van der Waals surface area contributed by atoms with Crippen LogP contribution >= 0.6 is 0 Å². The molecule has 0 bridgehead atoms. The summed E-state index contributed by atoms with van der Waals surface area (Å²) in [7, 11) is 1.90. The Morgan fingerprint density at radius 2 is 1.86 bits per heavy atom. The molecule has 8 heteroatoms. The van der Waals surface area contributed by atoms with Crippen LogP contribution < -0.4 is 0 Å². The molecule has 1 aliphatic rings. The van der Waals surface area contributed by atoms with Gasteiger partial charge in [0.1, 0.15) is 11.5 Å². The molecule has 0 amide bonds. The highest BCUT2D eigenvalue weighted by molar-refractivity contribution is 5.69. The first-order valence-corrected chi connectivity index (χ1v) is 9.82. The topological polar surface area (TPSA) is 64.7 Å². The van der Waals surface area contributed by atoms with Crippen molar-refractivity contribution in [2.24, 2.45) is 7.05 Å². The zero-order valence-electron chi connectivity index (χ0n) is 16.2. The van der Waals surface area contributed by atoms with Crippen molar-refractivity contribution in [1.29, 1.82) is 0 Å². The van der Waals surface area contributed by atoms with Crippen molar-refractivity contribution >= 4 is 11.3 Å². The second-order valence-electron chi connectivity index (χ2n) is 7.53. The zero-order chi connectivity index (χ0) is 19.8. The van der Waals surface area contributed by atoms with Gasteiger partial charge in [-0.05, 0) is 36.6 Å². The van der Waals surface area contributed by atoms with Gasteiger partial charge in [0.25, 0.3) is 0 Å². The first-order valence-electron chi connectivity index (χ1n) is 9.82. The van der Waals surface area contributed by atoms with Gasteiger partial charge in [-0.3, -0.25) is 9.58 Å². The maximum absolute atomic E-state index is 13.1. The van der Waals surface area contributed by atoms with Gasteiger partial charge >= 0.3 is 0 Å². The van der Waals surface area contributed by atoms with Crippen molar-refractivity contribution in [3.8, 4) is 11.4 Å². The van der Waals surface area contributed by atoms with Gasteiger partial charge in [-0.15, -0.1) is 0 Å². The predicted molar refractivity (Wildman–Crippen MR) is 107 cm³/mol. The van der Waals surface area contributed by atoms with Crippen LogP contribution in [0.5, 0.6) is 0 Å². The Morgan fingerprint density at radius 1 is 1.07 bits per heavy atom. The lowest BCUT2D eigenvalue weighted by Crippen LogP contribution is -2.34. The molecule has 0 unspecified atom stereocenters. The Labute approximate surface area is 167 Å². The largest absolute Gasteiger partial charge is 0.311 e. The molecule has 4 heterocycles. The zero-order valence-corrected chi connectivity index (χ0v) is 16.2. The highest BCUT2D eigenvalue weighted by Gasteiger charge is 2.23. The van der Waals surface area contributed by atoms with Gasteiger partial charge in [-0.2, -0.15) is 5.10 Å². The highest BCUT2D eigenvalue weighted by Crippen LogP contribution is 2.27. The van der Waals surface area contributed by atoms with Crippen LogP contribution in [0.2, 0.25) is 0 Å². The Morgan fingerprint density at radius 3 is 2.59 bits per heavy atom. The third kappa shape index (κ3) is 3.51. The van der Waals surface area contributed by atoms with Crippen LogP contribution in [-0.2, 0) is 13.6 Å². The summed E-state index contributed by atoms with van der Waals surface area (Å²) >= 11 is 0. The van der Waals surface area contributed by atoms with E-state index in [2.05, 4.69) is 24.5 Å². The molecule has 0 spiro atoms. The van der Waals surface area contributed by atoms with Crippen LogP contribution in [0.25, 0.3) is 22.7 Å². The Hall–Kier alpha value is -3.13. The molecule has 29 heavy (non-hydrogen) atoms. The van der Waals surface area contributed by atoms with Crippen molar-refractivity contribution in [1.82, 2.24) is 34.2 Å². The molecule has 3 aromatic heterocycles. The standard InChI is InChI=1S/C21H22FN7/c1-27-19(6-9-25-27)18-12-23-20-21(26-18)29(14-24-20)17-7-10-28(11-8-17)13-15-2-4-16(22)5-3-15/h2-6,9,12,14,17H,7-8,10-11,13H2,1H3. The van der Waals surface area contributed by atoms with Gasteiger partial charge in [0, 0.05) is 38.9 Å². The van der Waals surface area contributed by atoms with E-state index in [9.17, 15) is 4.39 Å². The summed E-state index contributed by atoms with van der Waals surface area (Å²) in [6.45, 7) is 2.81. The fourth-order valence-electron chi connectivity index (χ4n) is 4.03. The quantitative estimate of drug-likeness (QED) is 0.535. The fourth-order valence-corrected chi connectivity index (χ4v) is 4.03. The molecule has 0 N–H and O–H groups in total. The molecule has 1 aromatic carbocycles. The molecule has 148 valence electrons. The number of fused-ring (bicyclic) bond motifs is 1. The molecular weight excluding hydrogens is 369 g/mol. The SMILES string of the molecule is Cn1nccc1-c1cnc2ncn(C3CCN(Cc4ccc(F)cc4)CC3)c2n1. The Bertz CT molecular complexity index is 1120. The van der Waals surface area contributed by atoms with E-state index in [1.807, 2.05) is 31.6 Å². The number of hydrogen-bond acceptors (Lipinski definition) is 5. The van der Waals surface area contributed by atoms with E-state index >= 15 is 0 Å². The van der Waals surface area contributed by atoms with Gasteiger partial charge in [-0.1, -0.05) is 12.1 Å². The predicted octanol–water partition coefficient (Wildman–Crippen LogP) is 3.20. The van der Waals surface area contributed by atoms with E-state index < -0.39 is 0 Å². The normalized spacial score (nSPS) is 15.9. The number of imidazole rings is 1. The van der Waals surface area contributed by atoms with Crippen LogP contribution in [0.15, 0.2) is 49.1 Å². The number of hydrogen-bond donors (Lipinski definition) is 0. The lowest BCUT2D eigenvalue weighted by Gasteiger charge is -2.32. The minimum atomic E-state index is -0.189. The van der Waals surface area contributed by atoms with E-state index in [-0.39, 0.29) is 5.82 Å². The highest BCUT2D eigenvalue weighted by atomic mass is 19.1. The summed E-state index contributed by atoms with van der Waals surface area (Å²) in [6, 6.07) is 9.06. The lowest BCUT2D eigenvalue weighted by molar-refractivity contribution is 0.181. The number of nitrogens with zero attached hydrogens (tertiary/aromatic N) is 7. The fraction of sp³-hybridized carbons (Fsp3) is 0.333. The monoisotopic (exact) mass is 391 g/mol. The van der Waals surface area contributed by atoms with Gasteiger partial charge in [0.2, 0.25) is 0 Å². The Kier molecular flexibility index (Phi) is 4.55. The third-order valence-electron chi connectivity index (χ3n) is 5.64. The second kappa shape index (κ2) is 7.36. The average molecular weight is 391 g/mol. The van der Waals surface area contributed by atoms with Gasteiger partial charge in [0.05, 0.1) is 18.2 Å². The van der Waals surface area contributed by atoms with E-state index in [4.69, 9.17) is 4.98 Å². The molecule has 0 saturated carbocycles. The first-order chi connectivity index (χ1) is 14.2. The van der Waals surface area contributed by atoms with Crippen LogP contribution in [0.1, 0.15) is 24.4 Å². The number of benzene rings is 1. The number of halogens is 1. The summed E-state index contributed by atoms with van der Waals surface area (Å²) in [4.78, 5) is 16.2. The van der Waals surface area contributed by atoms with Gasteiger partial charge in [0.15, 0.2) is 11.3 Å². The van der Waals surface area contributed by atoms with E-state index in [1.54, 1.807) is 17.1 Å². The van der Waals surface area contributed by atoms with Crippen molar-refractivity contribution in [3.05, 3.63) is 60.4 Å². The molecule has 1 fully saturated rings. The first kappa shape index (κ1) is 17.9. The van der Waals surface area contributed by atoms with Crippen LogP contribution in [0.4, 0.5) is 4.39 Å². The molecule has 1 aliphatic heterocycles. The van der Waals surface area contributed by atoms with Crippen LogP contribution in [0.3, 0.4) is 0 Å². The molecule has 0 aliphatic carbocycles. The minimum Gasteiger partial charge on any atom is -0.311 e. The average Bonchev–Trinajstić information content (AvgIpc) is 3.36. The number of rotatable bonds is 4. The summed E-state index contributed by atoms with van der Waals surface area (Å²) in [5.41, 5.74) is 4.37. The summed E-state index contributed by atoms with van der Waals surface area (Å²) in [5.74, 6) is -0.189. The Balaban J connectivity index is 1.32. The van der Waals surface area contributed by atoms with Gasteiger partial charge < -0.3 is 4.57 Å². The number of aromatic nitrogens is 6. The van der Waals surface area contributed by atoms with E-state index in [0.717, 1.165) is 55.1 Å². The maximum atomic E-state index is 13.1. The molecule has 7 nitrogen and oxygen atoms in total. The smallest absolute Gasteiger partial charge is 0.197 e. The van der Waals surface area contributed by atoms with Crippen molar-refractivity contribution < 1.29 is 4.39 Å². The molecule has 4 aromatic rings. The minimum absolute atomic E-state index is 0.189. The van der Waals surface area contributed by atoms with Crippen LogP contribution in [-0.4, -0.2) is 47.3 Å². The number of likely N-dealkylation sites (tertiary alicyclic amines) is 1. The van der Waals surface area contributed by atoms with E-state index in [0.29, 0.717) is 11.7 Å². The van der Waals surface area contributed by atoms with E-state index in [1.165, 1.54) is 12.1 Å². The summed E-state index contributed by atoms with van der Waals surface area (Å²) < 4.78 is 17.1. The third-order valence-corrected chi connectivity index (χ3v) is 5.64. The van der Waals surface area contributed by atoms with Crippen molar-refractivity contribution in [2.75, 3.05) is 13.1 Å². The molecule has 0 radical (unpaired) electrons. The molecule has 0 atom stereocenters.